The number of imidazole rings is 1. The Balaban J connectivity index is 2.12. The minimum atomic E-state index is -1.38. The van der Waals surface area contributed by atoms with Crippen molar-refractivity contribution in [3.8, 4) is 0 Å². The molecule has 4 atom stereocenters. The summed E-state index contributed by atoms with van der Waals surface area (Å²) in [4.78, 5) is 19.7. The predicted molar refractivity (Wildman–Crippen MR) is 59.5 cm³/mol. The van der Waals surface area contributed by atoms with Crippen molar-refractivity contribution in [3.05, 3.63) is 12.0 Å². The third-order valence-electron chi connectivity index (χ3n) is 2.72. The lowest BCUT2D eigenvalue weighted by Crippen LogP contribution is -2.38. The number of nitrogens with zero attached hydrogens (tertiary/aromatic N) is 2. The Morgan fingerprint density at radius 3 is 2.68 bits per heavy atom. The first-order valence-electron chi connectivity index (χ1n) is 5.38. The zero-order valence-corrected chi connectivity index (χ0v) is 9.71. The highest BCUT2D eigenvalue weighted by Crippen LogP contribution is 2.21. The maximum atomic E-state index is 10.9. The standard InChI is InChI=1S/C9H14N4O6/c10-7-4(8(11)17)12-2-13(7)19-9-6(16)5(15)3(1-14)18-9/h2-3,5-6,9,14-16H,1,10H2,(H2,11,17)/t3-,5-,6-,9-/m1/s1. The third-order valence-corrected chi connectivity index (χ3v) is 2.72. The van der Waals surface area contributed by atoms with Gasteiger partial charge in [0.2, 0.25) is 0 Å². The summed E-state index contributed by atoms with van der Waals surface area (Å²) in [7, 11) is 0. The van der Waals surface area contributed by atoms with Crippen molar-refractivity contribution < 1.29 is 29.7 Å². The number of primary amides is 1. The lowest BCUT2D eigenvalue weighted by atomic mass is 10.1. The Morgan fingerprint density at radius 1 is 1.53 bits per heavy atom. The van der Waals surface area contributed by atoms with Crippen molar-refractivity contribution >= 4 is 11.7 Å². The fourth-order valence-electron chi connectivity index (χ4n) is 1.68. The van der Waals surface area contributed by atoms with Gasteiger partial charge in [-0.1, -0.05) is 0 Å². The first-order valence-corrected chi connectivity index (χ1v) is 5.38. The highest BCUT2D eigenvalue weighted by atomic mass is 16.8. The molecule has 0 aliphatic carbocycles. The topological polar surface area (TPSA) is 166 Å². The Hall–Kier alpha value is -1.88. The lowest BCUT2D eigenvalue weighted by Gasteiger charge is -2.17. The van der Waals surface area contributed by atoms with Crippen LogP contribution in [0.1, 0.15) is 10.5 Å². The minimum absolute atomic E-state index is 0.162. The average molecular weight is 274 g/mol. The van der Waals surface area contributed by atoms with E-state index in [0.717, 1.165) is 11.1 Å². The van der Waals surface area contributed by atoms with Crippen LogP contribution in [0.15, 0.2) is 6.33 Å². The number of hydrogen-bond acceptors (Lipinski definition) is 8. The molecule has 0 saturated carbocycles. The Morgan fingerprint density at radius 2 is 2.21 bits per heavy atom. The van der Waals surface area contributed by atoms with E-state index in [2.05, 4.69) is 4.98 Å². The molecule has 10 heteroatoms. The molecule has 19 heavy (non-hydrogen) atoms. The van der Waals surface area contributed by atoms with Crippen molar-refractivity contribution in [2.45, 2.75) is 24.6 Å². The molecule has 1 fully saturated rings. The van der Waals surface area contributed by atoms with Crippen molar-refractivity contribution in [3.63, 3.8) is 0 Å². The predicted octanol–water partition coefficient (Wildman–Crippen LogP) is -3.57. The molecule has 10 nitrogen and oxygen atoms in total. The number of amides is 1. The van der Waals surface area contributed by atoms with Gasteiger partial charge in [0, 0.05) is 0 Å². The zero-order valence-electron chi connectivity index (χ0n) is 9.71. The summed E-state index contributed by atoms with van der Waals surface area (Å²) in [5.74, 6) is -0.994. The van der Waals surface area contributed by atoms with Gasteiger partial charge in [-0.15, -0.1) is 0 Å². The van der Waals surface area contributed by atoms with Crippen molar-refractivity contribution in [2.75, 3.05) is 12.3 Å². The van der Waals surface area contributed by atoms with Crippen LogP contribution in [0.2, 0.25) is 0 Å². The van der Waals surface area contributed by atoms with E-state index in [1.165, 1.54) is 0 Å². The number of hydrogen-bond donors (Lipinski definition) is 5. The first kappa shape index (κ1) is 13.5. The molecule has 1 aliphatic rings. The molecule has 106 valence electrons. The van der Waals surface area contributed by atoms with Crippen LogP contribution in [0.25, 0.3) is 0 Å². The molecule has 2 rings (SSSR count). The molecule has 0 radical (unpaired) electrons. The molecule has 0 unspecified atom stereocenters. The van der Waals surface area contributed by atoms with Gasteiger partial charge in [-0.2, -0.15) is 4.73 Å². The van der Waals surface area contributed by atoms with Crippen molar-refractivity contribution in [1.29, 1.82) is 0 Å². The largest absolute Gasteiger partial charge is 0.394 e. The van der Waals surface area contributed by atoms with Gasteiger partial charge in [0.05, 0.1) is 6.61 Å². The minimum Gasteiger partial charge on any atom is -0.394 e. The number of carbonyl (C=O) groups is 1. The highest BCUT2D eigenvalue weighted by Gasteiger charge is 2.44. The number of aliphatic hydroxyl groups is 3. The van der Waals surface area contributed by atoms with E-state index in [1.54, 1.807) is 0 Å². The number of nitrogens with two attached hydrogens (primary N) is 2. The molecule has 7 N–H and O–H groups in total. The van der Waals surface area contributed by atoms with Crippen LogP contribution in [0.3, 0.4) is 0 Å². The van der Waals surface area contributed by atoms with Crippen LogP contribution in [-0.2, 0) is 4.74 Å². The zero-order chi connectivity index (χ0) is 14.2. The summed E-state index contributed by atoms with van der Waals surface area (Å²) in [5, 5.41) is 28.1. The molecule has 0 spiro atoms. The van der Waals surface area contributed by atoms with Crippen LogP contribution >= 0.6 is 0 Å². The Labute approximate surface area is 107 Å². The van der Waals surface area contributed by atoms with Gasteiger partial charge in [-0.3, -0.25) is 4.79 Å². The molecular weight excluding hydrogens is 260 g/mol. The fourth-order valence-corrected chi connectivity index (χ4v) is 1.68. The number of carbonyl (C=O) groups excluding carboxylic acids is 1. The van der Waals surface area contributed by atoms with Gasteiger partial charge in [-0.05, 0) is 0 Å². The number of anilines is 1. The second-order valence-electron chi connectivity index (χ2n) is 3.98. The molecule has 0 bridgehead atoms. The summed E-state index contributed by atoms with van der Waals surface area (Å²) < 4.78 is 5.96. The van der Waals surface area contributed by atoms with Crippen LogP contribution in [0.5, 0.6) is 0 Å². The maximum Gasteiger partial charge on any atom is 0.271 e. The fraction of sp³-hybridized carbons (Fsp3) is 0.556. The van der Waals surface area contributed by atoms with Crippen LogP contribution < -0.4 is 16.3 Å². The monoisotopic (exact) mass is 274 g/mol. The SMILES string of the molecule is NC(=O)c1ncn(O[C@H]2O[C@H](CO)[C@@H](O)[C@H]2O)c1N. The van der Waals surface area contributed by atoms with E-state index >= 15 is 0 Å². The van der Waals surface area contributed by atoms with Crippen molar-refractivity contribution in [2.24, 2.45) is 5.73 Å². The second kappa shape index (κ2) is 5.01. The smallest absolute Gasteiger partial charge is 0.271 e. The van der Waals surface area contributed by atoms with Crippen molar-refractivity contribution in [1.82, 2.24) is 9.71 Å². The van der Waals surface area contributed by atoms with E-state index in [0.29, 0.717) is 0 Å². The number of rotatable bonds is 4. The van der Waals surface area contributed by atoms with Crippen LogP contribution in [0.4, 0.5) is 5.82 Å². The first-order chi connectivity index (χ1) is 8.95. The second-order valence-corrected chi connectivity index (χ2v) is 3.98. The molecule has 1 aromatic rings. The summed E-state index contributed by atoms with van der Waals surface area (Å²) in [5.41, 5.74) is 10.4. The van der Waals surface area contributed by atoms with Gasteiger partial charge in [0.1, 0.15) is 24.6 Å². The van der Waals surface area contributed by atoms with Gasteiger partial charge in [0.15, 0.2) is 11.5 Å². The molecule has 1 amide bonds. The number of ether oxygens (including phenoxy) is 1. The molecule has 1 aliphatic heterocycles. The molecule has 2 heterocycles. The number of aromatic nitrogens is 2. The quantitative estimate of drug-likeness (QED) is 0.376. The highest BCUT2D eigenvalue weighted by molar-refractivity contribution is 5.95. The van der Waals surface area contributed by atoms with E-state index in [4.69, 9.17) is 26.1 Å². The van der Waals surface area contributed by atoms with Gasteiger partial charge in [0.25, 0.3) is 12.2 Å². The summed E-state index contributed by atoms with van der Waals surface area (Å²) in [6, 6.07) is 0. The van der Waals surface area contributed by atoms with E-state index in [1.807, 2.05) is 0 Å². The maximum absolute atomic E-state index is 10.9. The lowest BCUT2D eigenvalue weighted by molar-refractivity contribution is -0.169. The van der Waals surface area contributed by atoms with E-state index in [9.17, 15) is 15.0 Å². The average Bonchev–Trinajstić information content (AvgIpc) is 2.85. The molecule has 1 aromatic heterocycles. The summed E-state index contributed by atoms with van der Waals surface area (Å²) in [6.07, 6.45) is -3.83. The van der Waals surface area contributed by atoms with E-state index in [-0.39, 0.29) is 11.5 Å². The van der Waals surface area contributed by atoms with Gasteiger partial charge in [-0.25, -0.2) is 4.98 Å². The third kappa shape index (κ3) is 2.33. The molecule has 1 saturated heterocycles. The molecular formula is C9H14N4O6. The van der Waals surface area contributed by atoms with Gasteiger partial charge < -0.3 is 36.4 Å². The Kier molecular flexibility index (Phi) is 3.57. The van der Waals surface area contributed by atoms with Crippen LogP contribution in [-0.4, -0.2) is 62.1 Å². The summed E-state index contributed by atoms with van der Waals surface area (Å²) >= 11 is 0. The molecule has 0 aromatic carbocycles. The van der Waals surface area contributed by atoms with Gasteiger partial charge >= 0.3 is 0 Å². The normalized spacial score (nSPS) is 30.5. The van der Waals surface area contributed by atoms with Crippen LogP contribution in [0, 0.1) is 0 Å². The Bertz CT molecular complexity index is 477. The van der Waals surface area contributed by atoms with E-state index < -0.39 is 37.1 Å². The number of aliphatic hydroxyl groups excluding tert-OH is 3. The summed E-state index contributed by atoms with van der Waals surface area (Å²) in [6.45, 7) is -0.482. The number of nitrogen functional groups attached to an aromatic ring is 1.